The molecule has 0 spiro atoms. The Labute approximate surface area is 307 Å². The molecule has 0 bridgehead atoms. The Kier molecular flexibility index (Phi) is 7.15. The normalized spacial score (nSPS) is 17.8. The molecular weight excluding hydrogens is 615 g/mol. The number of hydrogen-bond acceptors (Lipinski definition) is 2. The van der Waals surface area contributed by atoms with Gasteiger partial charge >= 0.3 is 0 Å². The van der Waals surface area contributed by atoms with Crippen molar-refractivity contribution in [3.63, 3.8) is 0 Å². The number of benzene rings is 4. The molecule has 0 atom stereocenters. The minimum absolute atomic E-state index is 0.0452. The second-order valence-electron chi connectivity index (χ2n) is 19.8. The van der Waals surface area contributed by atoms with Gasteiger partial charge in [0.15, 0.2) is 0 Å². The Morgan fingerprint density at radius 1 is 0.647 bits per heavy atom. The molecule has 51 heavy (non-hydrogen) atoms. The molecule has 0 unspecified atom stereocenters. The van der Waals surface area contributed by atoms with E-state index in [0.717, 1.165) is 23.6 Å². The lowest BCUT2D eigenvalue weighted by Gasteiger charge is -2.45. The SMILES string of the molecule is Cc1ccc2c(c1)B1c3cc(C(C)(C)C)ccc3C(C)(C)c3cc(-c4cccc5c4C(C)(C)CC5(C)C)nc(c31)N2c1ccc(C(C)(C)C)cc1. The summed E-state index contributed by atoms with van der Waals surface area (Å²) in [6.07, 6.45) is 1.13. The first-order valence-electron chi connectivity index (χ1n) is 19.1. The molecule has 1 aliphatic carbocycles. The Morgan fingerprint density at radius 3 is 1.98 bits per heavy atom. The monoisotopic (exact) mass is 670 g/mol. The molecule has 3 heterocycles. The Morgan fingerprint density at radius 2 is 1.31 bits per heavy atom. The Balaban J connectivity index is 1.48. The number of anilines is 3. The first-order chi connectivity index (χ1) is 23.7. The molecule has 2 nitrogen and oxygen atoms in total. The van der Waals surface area contributed by atoms with E-state index in [0.29, 0.717) is 0 Å². The van der Waals surface area contributed by atoms with E-state index >= 15 is 0 Å². The van der Waals surface area contributed by atoms with Gasteiger partial charge in [0, 0.05) is 22.4 Å². The summed E-state index contributed by atoms with van der Waals surface area (Å²) in [7, 11) is 0. The van der Waals surface area contributed by atoms with Gasteiger partial charge in [-0.25, -0.2) is 4.98 Å². The maximum absolute atomic E-state index is 5.85. The molecule has 0 radical (unpaired) electrons. The zero-order valence-electron chi connectivity index (χ0n) is 33.3. The Bertz CT molecular complexity index is 2240. The van der Waals surface area contributed by atoms with E-state index in [4.69, 9.17) is 4.98 Å². The van der Waals surface area contributed by atoms with Crippen LogP contribution in [-0.4, -0.2) is 11.7 Å². The average Bonchev–Trinajstić information content (AvgIpc) is 3.24. The van der Waals surface area contributed by atoms with E-state index < -0.39 is 0 Å². The van der Waals surface area contributed by atoms with Crippen LogP contribution in [0.4, 0.5) is 17.2 Å². The molecule has 8 rings (SSSR count). The van der Waals surface area contributed by atoms with Crippen LogP contribution in [0.2, 0.25) is 0 Å². The predicted octanol–water partition coefficient (Wildman–Crippen LogP) is 10.5. The van der Waals surface area contributed by atoms with Crippen LogP contribution in [-0.2, 0) is 27.1 Å². The van der Waals surface area contributed by atoms with E-state index in [-0.39, 0.29) is 33.8 Å². The van der Waals surface area contributed by atoms with Crippen molar-refractivity contribution in [1.29, 1.82) is 0 Å². The van der Waals surface area contributed by atoms with E-state index in [1.54, 1.807) is 0 Å². The molecule has 0 saturated carbocycles. The van der Waals surface area contributed by atoms with Gasteiger partial charge in [-0.05, 0) is 104 Å². The predicted molar refractivity (Wildman–Crippen MR) is 220 cm³/mol. The highest BCUT2D eigenvalue weighted by Crippen LogP contribution is 2.53. The van der Waals surface area contributed by atoms with Crippen LogP contribution in [0.25, 0.3) is 11.3 Å². The van der Waals surface area contributed by atoms with Crippen molar-refractivity contribution in [3.05, 3.63) is 124 Å². The largest absolute Gasteiger partial charge is 0.296 e. The standard InChI is InChI=1S/C48H55BN2/c1-29-17-24-40-38(25-29)49-37-26-31(45(5,6)7)20-23-34(37)48(12,13)36-27-39(33-15-14-16-35-41(33)47(10,11)28-46(35,8)9)50-43(42(36)49)51(40)32-21-18-30(19-22-32)44(2,3)4/h14-27H,28H2,1-13H3. The summed E-state index contributed by atoms with van der Waals surface area (Å²) >= 11 is 0. The maximum Gasteiger partial charge on any atom is 0.249 e. The van der Waals surface area contributed by atoms with Crippen LogP contribution in [0.5, 0.6) is 0 Å². The summed E-state index contributed by atoms with van der Waals surface area (Å²) in [4.78, 5) is 8.33. The summed E-state index contributed by atoms with van der Waals surface area (Å²) in [5.74, 6) is 1.07. The minimum atomic E-state index is -0.222. The summed E-state index contributed by atoms with van der Waals surface area (Å²) in [5.41, 5.74) is 18.7. The fourth-order valence-electron chi connectivity index (χ4n) is 10.1. The first-order valence-corrected chi connectivity index (χ1v) is 19.1. The van der Waals surface area contributed by atoms with Crippen molar-refractivity contribution < 1.29 is 0 Å². The quantitative estimate of drug-likeness (QED) is 0.171. The molecule has 0 saturated heterocycles. The first kappa shape index (κ1) is 34.0. The number of aromatic nitrogens is 1. The lowest BCUT2D eigenvalue weighted by Crippen LogP contribution is -2.64. The number of hydrogen-bond donors (Lipinski definition) is 0. The molecule has 4 aromatic carbocycles. The molecule has 0 amide bonds. The van der Waals surface area contributed by atoms with Crippen molar-refractivity contribution in [2.45, 2.75) is 124 Å². The average molecular weight is 671 g/mol. The van der Waals surface area contributed by atoms with Crippen LogP contribution in [0.3, 0.4) is 0 Å². The smallest absolute Gasteiger partial charge is 0.249 e. The number of rotatable bonds is 2. The van der Waals surface area contributed by atoms with E-state index in [9.17, 15) is 0 Å². The topological polar surface area (TPSA) is 16.1 Å². The van der Waals surface area contributed by atoms with Crippen LogP contribution in [0, 0.1) is 6.92 Å². The molecule has 0 fully saturated rings. The summed E-state index contributed by atoms with van der Waals surface area (Å²) < 4.78 is 0. The molecular formula is C48H55BN2. The van der Waals surface area contributed by atoms with Gasteiger partial charge < -0.3 is 0 Å². The third-order valence-electron chi connectivity index (χ3n) is 12.5. The second-order valence-corrected chi connectivity index (χ2v) is 19.8. The number of fused-ring (bicyclic) bond motifs is 5. The van der Waals surface area contributed by atoms with E-state index in [1.807, 2.05) is 0 Å². The van der Waals surface area contributed by atoms with E-state index in [1.165, 1.54) is 66.6 Å². The molecule has 5 aromatic rings. The number of nitrogens with zero attached hydrogens (tertiary/aromatic N) is 2. The van der Waals surface area contributed by atoms with Crippen molar-refractivity contribution in [2.24, 2.45) is 0 Å². The number of aryl methyl sites for hydroxylation is 1. The zero-order chi connectivity index (χ0) is 36.6. The van der Waals surface area contributed by atoms with Crippen LogP contribution < -0.4 is 21.3 Å². The summed E-state index contributed by atoms with van der Waals surface area (Å²) in [6, 6.07) is 33.1. The summed E-state index contributed by atoms with van der Waals surface area (Å²) in [5, 5.41) is 0. The third-order valence-corrected chi connectivity index (χ3v) is 12.5. The lowest BCUT2D eigenvalue weighted by molar-refractivity contribution is 0.403. The maximum atomic E-state index is 5.85. The Hall–Kier alpha value is -4.11. The van der Waals surface area contributed by atoms with Gasteiger partial charge in [-0.15, -0.1) is 0 Å². The highest BCUT2D eigenvalue weighted by atomic mass is 15.2. The third kappa shape index (κ3) is 5.08. The van der Waals surface area contributed by atoms with Gasteiger partial charge in [0.05, 0.1) is 5.69 Å². The minimum Gasteiger partial charge on any atom is -0.296 e. The fraction of sp³-hybridized carbons (Fsp3) is 0.396. The highest BCUT2D eigenvalue weighted by molar-refractivity contribution is 6.99. The van der Waals surface area contributed by atoms with Gasteiger partial charge in [-0.1, -0.05) is 155 Å². The van der Waals surface area contributed by atoms with Crippen molar-refractivity contribution >= 4 is 40.3 Å². The fourth-order valence-corrected chi connectivity index (χ4v) is 10.1. The molecule has 2 aliphatic heterocycles. The molecule has 3 aliphatic rings. The molecule has 260 valence electrons. The highest BCUT2D eigenvalue weighted by Gasteiger charge is 2.48. The van der Waals surface area contributed by atoms with Gasteiger partial charge in [-0.3, -0.25) is 4.90 Å². The van der Waals surface area contributed by atoms with Crippen molar-refractivity contribution in [1.82, 2.24) is 4.98 Å². The van der Waals surface area contributed by atoms with Gasteiger partial charge in [0.25, 0.3) is 0 Å². The molecule has 3 heteroatoms. The van der Waals surface area contributed by atoms with Gasteiger partial charge in [0.1, 0.15) is 5.82 Å². The van der Waals surface area contributed by atoms with Crippen molar-refractivity contribution in [2.75, 3.05) is 4.90 Å². The summed E-state index contributed by atoms with van der Waals surface area (Å²) in [6.45, 7) is 30.8. The van der Waals surface area contributed by atoms with E-state index in [2.05, 4.69) is 180 Å². The number of pyridine rings is 1. The lowest BCUT2D eigenvalue weighted by atomic mass is 9.30. The van der Waals surface area contributed by atoms with Crippen LogP contribution in [0.15, 0.2) is 84.9 Å². The molecule has 1 aromatic heterocycles. The molecule has 0 N–H and O–H groups in total. The van der Waals surface area contributed by atoms with Gasteiger partial charge in [-0.2, -0.15) is 0 Å². The van der Waals surface area contributed by atoms with Crippen LogP contribution in [0.1, 0.15) is 128 Å². The van der Waals surface area contributed by atoms with Gasteiger partial charge in [0.2, 0.25) is 6.71 Å². The van der Waals surface area contributed by atoms with Crippen LogP contribution >= 0.6 is 0 Å². The zero-order valence-corrected chi connectivity index (χ0v) is 33.3. The van der Waals surface area contributed by atoms with Crippen molar-refractivity contribution in [3.8, 4) is 11.3 Å². The second kappa shape index (κ2) is 10.7.